The van der Waals surface area contributed by atoms with Gasteiger partial charge in [0.2, 0.25) is 11.8 Å². The number of likely N-dealkylation sites (N-methyl/N-ethyl adjacent to an activating group) is 1. The van der Waals surface area contributed by atoms with Crippen LogP contribution in [0.15, 0.2) is 40.0 Å². The van der Waals surface area contributed by atoms with Gasteiger partial charge in [0, 0.05) is 25.6 Å². The van der Waals surface area contributed by atoms with E-state index in [1.807, 2.05) is 25.1 Å². The zero-order valence-corrected chi connectivity index (χ0v) is 19.4. The topological polar surface area (TPSA) is 142 Å². The number of nitrogens with zero attached hydrogens (tertiary/aromatic N) is 4. The molecule has 0 spiro atoms. The molecule has 1 fully saturated rings. The number of amides is 2. The van der Waals surface area contributed by atoms with Gasteiger partial charge in [-0.25, -0.2) is 9.97 Å². The lowest BCUT2D eigenvalue weighted by Crippen LogP contribution is -2.20. The average Bonchev–Trinajstić information content (AvgIpc) is 3.10. The number of carbonyl (C=O) groups excluding carboxylic acids is 2. The minimum absolute atomic E-state index is 0.191. The molecule has 11 nitrogen and oxygen atoms in total. The second kappa shape index (κ2) is 10.4. The lowest BCUT2D eigenvalue weighted by molar-refractivity contribution is -0.115. The minimum atomic E-state index is -0.468. The quantitative estimate of drug-likeness (QED) is 0.386. The van der Waals surface area contributed by atoms with Crippen LogP contribution in [0.5, 0.6) is 5.88 Å². The Labute approximate surface area is 199 Å². The Kier molecular flexibility index (Phi) is 7.18. The van der Waals surface area contributed by atoms with Crippen LogP contribution in [0.1, 0.15) is 11.5 Å². The summed E-state index contributed by atoms with van der Waals surface area (Å²) in [6.07, 6.45) is 1.94. The molecule has 0 atom stereocenters. The van der Waals surface area contributed by atoms with E-state index in [9.17, 15) is 14.4 Å². The zero-order valence-electron chi connectivity index (χ0n) is 18.6. The van der Waals surface area contributed by atoms with Crippen LogP contribution in [0, 0.1) is 0 Å². The molecule has 2 amide bonds. The van der Waals surface area contributed by atoms with Gasteiger partial charge in [-0.05, 0) is 44.1 Å². The van der Waals surface area contributed by atoms with Gasteiger partial charge in [0.25, 0.3) is 16.7 Å². The predicted molar refractivity (Wildman–Crippen MR) is 130 cm³/mol. The standard InChI is InChI=1S/C22H23N7O4S/c1-29(2)9-10-33-18-12-13(11-16-20(31)28-22(32)34-16)24-21(27-18)23-8-7-17-25-15-6-4-3-5-14(15)19(30)26-17/h3-6,11-12H,7-10H2,1-2H3,(H,23,24,27)(H,25,26,30)(H,28,31,32)/b16-11+. The Balaban J connectivity index is 1.50. The summed E-state index contributed by atoms with van der Waals surface area (Å²) in [6, 6.07) is 8.75. The highest BCUT2D eigenvalue weighted by Gasteiger charge is 2.25. The average molecular weight is 482 g/mol. The Hall–Kier alpha value is -3.77. The summed E-state index contributed by atoms with van der Waals surface area (Å²) in [5.74, 6) is 0.684. The Morgan fingerprint density at radius 3 is 2.74 bits per heavy atom. The summed E-state index contributed by atoms with van der Waals surface area (Å²) in [7, 11) is 3.87. The first-order valence-electron chi connectivity index (χ1n) is 10.5. The van der Waals surface area contributed by atoms with Gasteiger partial charge >= 0.3 is 0 Å². The van der Waals surface area contributed by atoms with Crippen molar-refractivity contribution in [2.45, 2.75) is 6.42 Å². The minimum Gasteiger partial charge on any atom is -0.476 e. The van der Waals surface area contributed by atoms with Crippen molar-refractivity contribution in [3.8, 4) is 5.88 Å². The van der Waals surface area contributed by atoms with Crippen LogP contribution >= 0.6 is 11.8 Å². The third kappa shape index (κ3) is 5.97. The van der Waals surface area contributed by atoms with Crippen molar-refractivity contribution in [3.05, 3.63) is 57.1 Å². The molecule has 3 N–H and O–H groups in total. The maximum Gasteiger partial charge on any atom is 0.290 e. The van der Waals surface area contributed by atoms with E-state index in [0.29, 0.717) is 54.4 Å². The van der Waals surface area contributed by atoms with Gasteiger partial charge in [0.15, 0.2) is 0 Å². The van der Waals surface area contributed by atoms with Crippen LogP contribution in [0.3, 0.4) is 0 Å². The number of thioether (sulfide) groups is 1. The molecule has 0 bridgehead atoms. The van der Waals surface area contributed by atoms with Crippen LogP contribution in [-0.4, -0.2) is 69.8 Å². The van der Waals surface area contributed by atoms with Crippen LogP contribution in [0.4, 0.5) is 10.7 Å². The molecule has 34 heavy (non-hydrogen) atoms. The van der Waals surface area contributed by atoms with E-state index < -0.39 is 11.1 Å². The van der Waals surface area contributed by atoms with Crippen LogP contribution in [0.2, 0.25) is 0 Å². The Bertz CT molecular complexity index is 1320. The van der Waals surface area contributed by atoms with Crippen LogP contribution < -0.4 is 20.9 Å². The lowest BCUT2D eigenvalue weighted by atomic mass is 10.2. The molecule has 1 aliphatic rings. The van der Waals surface area contributed by atoms with E-state index in [-0.39, 0.29) is 16.4 Å². The SMILES string of the molecule is CN(C)CCOc1cc(/C=C2/SC(=O)NC2=O)nc(NCCc2nc3ccccc3c(=O)[nH]2)n1. The van der Waals surface area contributed by atoms with Gasteiger partial charge in [-0.2, -0.15) is 4.98 Å². The number of benzene rings is 1. The number of H-pyrrole nitrogens is 1. The van der Waals surface area contributed by atoms with Crippen molar-refractivity contribution >= 4 is 45.8 Å². The molecule has 1 saturated heterocycles. The van der Waals surface area contributed by atoms with Gasteiger partial charge in [-0.3, -0.25) is 19.7 Å². The van der Waals surface area contributed by atoms with Crippen molar-refractivity contribution in [1.82, 2.24) is 30.2 Å². The van der Waals surface area contributed by atoms with Crippen molar-refractivity contribution in [3.63, 3.8) is 0 Å². The highest BCUT2D eigenvalue weighted by molar-refractivity contribution is 8.18. The second-order valence-electron chi connectivity index (χ2n) is 7.67. The van der Waals surface area contributed by atoms with Gasteiger partial charge in [0.1, 0.15) is 12.4 Å². The number of hydrogen-bond donors (Lipinski definition) is 3. The largest absolute Gasteiger partial charge is 0.476 e. The lowest BCUT2D eigenvalue weighted by Gasteiger charge is -2.12. The zero-order chi connectivity index (χ0) is 24.1. The van der Waals surface area contributed by atoms with E-state index in [2.05, 4.69) is 30.6 Å². The smallest absolute Gasteiger partial charge is 0.290 e. The van der Waals surface area contributed by atoms with Crippen molar-refractivity contribution in [1.29, 1.82) is 0 Å². The first kappa shape index (κ1) is 23.4. The fraction of sp³-hybridized carbons (Fsp3) is 0.273. The molecule has 0 saturated carbocycles. The number of anilines is 1. The van der Waals surface area contributed by atoms with Crippen LogP contribution in [0.25, 0.3) is 17.0 Å². The molecule has 12 heteroatoms. The number of fused-ring (bicyclic) bond motifs is 1. The fourth-order valence-electron chi connectivity index (χ4n) is 3.10. The molecule has 2 aromatic heterocycles. The summed E-state index contributed by atoms with van der Waals surface area (Å²) >= 11 is 0.811. The number of hydrogen-bond acceptors (Lipinski definition) is 10. The number of aromatic nitrogens is 4. The number of aromatic amines is 1. The van der Waals surface area contributed by atoms with Crippen molar-refractivity contribution in [2.75, 3.05) is 39.1 Å². The van der Waals surface area contributed by atoms with E-state index in [1.165, 1.54) is 6.08 Å². The number of nitrogens with one attached hydrogen (secondary N) is 3. The first-order chi connectivity index (χ1) is 16.4. The molecule has 0 unspecified atom stereocenters. The summed E-state index contributed by atoms with van der Waals surface area (Å²) in [4.78, 5) is 53.9. The molecule has 4 rings (SSSR count). The monoisotopic (exact) mass is 481 g/mol. The molecule has 1 aliphatic heterocycles. The van der Waals surface area contributed by atoms with Crippen LogP contribution in [-0.2, 0) is 11.2 Å². The maximum atomic E-state index is 12.3. The van der Waals surface area contributed by atoms with Gasteiger partial charge in [-0.1, -0.05) is 12.1 Å². The summed E-state index contributed by atoms with van der Waals surface area (Å²) in [6.45, 7) is 1.50. The Morgan fingerprint density at radius 2 is 1.97 bits per heavy atom. The number of imide groups is 1. The predicted octanol–water partition coefficient (Wildman–Crippen LogP) is 1.63. The molecule has 176 valence electrons. The van der Waals surface area contributed by atoms with Gasteiger partial charge in [-0.15, -0.1) is 0 Å². The molecule has 1 aromatic carbocycles. The van der Waals surface area contributed by atoms with Crippen molar-refractivity contribution < 1.29 is 14.3 Å². The Morgan fingerprint density at radius 1 is 1.15 bits per heavy atom. The van der Waals surface area contributed by atoms with Gasteiger partial charge < -0.3 is 19.9 Å². The molecule has 0 radical (unpaired) electrons. The van der Waals surface area contributed by atoms with Gasteiger partial charge in [0.05, 0.1) is 21.5 Å². The molecule has 3 heterocycles. The normalized spacial score (nSPS) is 14.7. The van der Waals surface area contributed by atoms with E-state index in [4.69, 9.17) is 4.74 Å². The molecule has 3 aromatic rings. The van der Waals surface area contributed by atoms with E-state index in [0.717, 1.165) is 11.8 Å². The highest BCUT2D eigenvalue weighted by Crippen LogP contribution is 2.26. The first-order valence-corrected chi connectivity index (χ1v) is 11.3. The second-order valence-corrected chi connectivity index (χ2v) is 8.68. The highest BCUT2D eigenvalue weighted by atomic mass is 32.2. The van der Waals surface area contributed by atoms with Crippen molar-refractivity contribution in [2.24, 2.45) is 0 Å². The third-order valence-corrected chi connectivity index (χ3v) is 5.55. The molecular formula is C22H23N7O4S. The van der Waals surface area contributed by atoms with E-state index in [1.54, 1.807) is 24.3 Å². The summed E-state index contributed by atoms with van der Waals surface area (Å²) in [5, 5.41) is 5.43. The van der Waals surface area contributed by atoms with E-state index >= 15 is 0 Å². The molecular weight excluding hydrogens is 458 g/mol. The number of rotatable bonds is 9. The third-order valence-electron chi connectivity index (χ3n) is 4.74. The number of carbonyl (C=O) groups is 2. The fourth-order valence-corrected chi connectivity index (χ4v) is 3.77. The number of ether oxygens (including phenoxy) is 1. The number of para-hydroxylation sites is 1. The summed E-state index contributed by atoms with van der Waals surface area (Å²) < 4.78 is 5.74. The summed E-state index contributed by atoms with van der Waals surface area (Å²) in [5.41, 5.74) is 0.857. The molecule has 0 aliphatic carbocycles. The maximum absolute atomic E-state index is 12.3.